The number of anilines is 1. The molecule has 33 heavy (non-hydrogen) atoms. The van der Waals surface area contributed by atoms with Crippen LogP contribution in [0.25, 0.3) is 10.4 Å². The van der Waals surface area contributed by atoms with E-state index in [-0.39, 0.29) is 12.1 Å². The number of aromatic nitrogens is 1. The zero-order valence-corrected chi connectivity index (χ0v) is 19.5. The molecule has 1 saturated carbocycles. The van der Waals surface area contributed by atoms with Gasteiger partial charge in [0.2, 0.25) is 0 Å². The second-order valence-corrected chi connectivity index (χ2v) is 9.52. The highest BCUT2D eigenvalue weighted by molar-refractivity contribution is 7.15. The highest BCUT2D eigenvalue weighted by Crippen LogP contribution is 2.39. The van der Waals surface area contributed by atoms with E-state index >= 15 is 0 Å². The summed E-state index contributed by atoms with van der Waals surface area (Å²) in [5, 5.41) is 18.7. The molecule has 1 heterocycles. The molecule has 1 aliphatic carbocycles. The summed E-state index contributed by atoms with van der Waals surface area (Å²) in [5.74, 6) is 0.337. The molecular weight excluding hydrogens is 460 g/mol. The molecule has 0 atom stereocenters. The van der Waals surface area contributed by atoms with Gasteiger partial charge in [-0.25, -0.2) is 14.6 Å². The minimum absolute atomic E-state index is 0.0255. The van der Waals surface area contributed by atoms with Crippen molar-refractivity contribution < 1.29 is 14.7 Å². The number of carbonyl (C=O) groups is 2. The predicted octanol–water partition coefficient (Wildman–Crippen LogP) is 6.08. The molecular formula is C24H25ClN4O3S. The SMILES string of the molecule is O=C(O)NC1CCC(c2ncc(-c3ccc(NC(=O)NCc4ccccc4)cc3Cl)s2)CC1. The van der Waals surface area contributed by atoms with Gasteiger partial charge >= 0.3 is 12.1 Å². The minimum atomic E-state index is -0.962. The van der Waals surface area contributed by atoms with Crippen molar-refractivity contribution >= 4 is 40.7 Å². The lowest BCUT2D eigenvalue weighted by Gasteiger charge is -2.26. The number of urea groups is 1. The standard InChI is InChI=1S/C24H25ClN4O3S/c25-20-12-18(28-23(30)27-13-15-4-2-1-3-5-15)10-11-19(20)21-14-26-22(33-21)16-6-8-17(9-7-16)29-24(31)32/h1-5,10-12,14,16-17,29H,6-9,13H2,(H,31,32)(H2,27,28,30). The molecule has 0 aliphatic heterocycles. The fourth-order valence-electron chi connectivity index (χ4n) is 4.01. The van der Waals surface area contributed by atoms with Crippen LogP contribution in [0.2, 0.25) is 5.02 Å². The van der Waals surface area contributed by atoms with Gasteiger partial charge in [-0.1, -0.05) is 41.9 Å². The smallest absolute Gasteiger partial charge is 0.404 e. The van der Waals surface area contributed by atoms with E-state index in [2.05, 4.69) is 20.9 Å². The molecule has 4 rings (SSSR count). The van der Waals surface area contributed by atoms with Gasteiger partial charge in [-0.2, -0.15) is 0 Å². The first-order valence-corrected chi connectivity index (χ1v) is 12.0. The highest BCUT2D eigenvalue weighted by atomic mass is 35.5. The van der Waals surface area contributed by atoms with Crippen molar-refractivity contribution in [3.8, 4) is 10.4 Å². The van der Waals surface area contributed by atoms with Gasteiger partial charge in [0.25, 0.3) is 0 Å². The maximum atomic E-state index is 12.2. The molecule has 0 saturated heterocycles. The molecule has 3 amide bonds. The van der Waals surface area contributed by atoms with Crippen molar-refractivity contribution in [3.05, 3.63) is 70.3 Å². The fraction of sp³-hybridized carbons (Fsp3) is 0.292. The summed E-state index contributed by atoms with van der Waals surface area (Å²) in [6, 6.07) is 14.9. The quantitative estimate of drug-likeness (QED) is 0.340. The number of carboxylic acid groups (broad SMARTS) is 1. The second-order valence-electron chi connectivity index (χ2n) is 8.05. The maximum Gasteiger partial charge on any atom is 0.404 e. The van der Waals surface area contributed by atoms with Crippen LogP contribution >= 0.6 is 22.9 Å². The summed E-state index contributed by atoms with van der Waals surface area (Å²) in [6.45, 7) is 0.441. The van der Waals surface area contributed by atoms with Crippen molar-refractivity contribution in [3.63, 3.8) is 0 Å². The molecule has 4 N–H and O–H groups in total. The van der Waals surface area contributed by atoms with E-state index in [1.807, 2.05) is 48.7 Å². The van der Waals surface area contributed by atoms with Crippen LogP contribution in [0, 0.1) is 0 Å². The summed E-state index contributed by atoms with van der Waals surface area (Å²) in [7, 11) is 0. The lowest BCUT2D eigenvalue weighted by atomic mass is 9.86. The Hall–Kier alpha value is -3.10. The average Bonchev–Trinajstić information content (AvgIpc) is 3.28. The topological polar surface area (TPSA) is 103 Å². The Morgan fingerprint density at radius 2 is 1.85 bits per heavy atom. The van der Waals surface area contributed by atoms with E-state index in [4.69, 9.17) is 16.7 Å². The second kappa shape index (κ2) is 10.7. The molecule has 9 heteroatoms. The number of carbonyl (C=O) groups excluding carboxylic acids is 1. The number of thiazole rings is 1. The molecule has 0 radical (unpaired) electrons. The molecule has 0 bridgehead atoms. The summed E-state index contributed by atoms with van der Waals surface area (Å²) in [6.07, 6.45) is 4.33. The number of nitrogens with one attached hydrogen (secondary N) is 3. The van der Waals surface area contributed by atoms with E-state index in [0.717, 1.165) is 46.7 Å². The monoisotopic (exact) mass is 484 g/mol. The van der Waals surface area contributed by atoms with Crippen molar-refractivity contribution in [2.24, 2.45) is 0 Å². The van der Waals surface area contributed by atoms with E-state index in [9.17, 15) is 9.59 Å². The van der Waals surface area contributed by atoms with Crippen LogP contribution in [-0.4, -0.2) is 28.3 Å². The van der Waals surface area contributed by atoms with Gasteiger partial charge in [0.15, 0.2) is 0 Å². The molecule has 0 spiro atoms. The van der Waals surface area contributed by atoms with Crippen LogP contribution in [0.3, 0.4) is 0 Å². The lowest BCUT2D eigenvalue weighted by Crippen LogP contribution is -2.36. The molecule has 1 aromatic heterocycles. The normalized spacial score (nSPS) is 17.8. The van der Waals surface area contributed by atoms with E-state index in [1.165, 1.54) is 0 Å². The third kappa shape index (κ3) is 6.24. The third-order valence-electron chi connectivity index (χ3n) is 5.72. The Morgan fingerprint density at radius 3 is 2.55 bits per heavy atom. The lowest BCUT2D eigenvalue weighted by molar-refractivity contribution is 0.185. The average molecular weight is 485 g/mol. The van der Waals surface area contributed by atoms with Gasteiger partial charge in [0, 0.05) is 36.0 Å². The number of hydrogen-bond acceptors (Lipinski definition) is 4. The molecule has 0 unspecified atom stereocenters. The van der Waals surface area contributed by atoms with Gasteiger partial charge in [0.1, 0.15) is 0 Å². The molecule has 1 aliphatic rings. The van der Waals surface area contributed by atoms with Crippen molar-refractivity contribution in [1.29, 1.82) is 0 Å². The zero-order chi connectivity index (χ0) is 23.2. The Morgan fingerprint density at radius 1 is 1.09 bits per heavy atom. The predicted molar refractivity (Wildman–Crippen MR) is 131 cm³/mol. The first-order valence-electron chi connectivity index (χ1n) is 10.8. The number of amides is 3. The Labute approximate surface area is 201 Å². The summed E-state index contributed by atoms with van der Waals surface area (Å²) in [5.41, 5.74) is 2.51. The van der Waals surface area contributed by atoms with Crippen molar-refractivity contribution in [2.45, 2.75) is 44.2 Å². The highest BCUT2D eigenvalue weighted by Gasteiger charge is 2.25. The number of benzene rings is 2. The maximum absolute atomic E-state index is 12.2. The van der Waals surface area contributed by atoms with Gasteiger partial charge in [-0.05, 0) is 49.4 Å². The van der Waals surface area contributed by atoms with E-state index in [0.29, 0.717) is 23.2 Å². The minimum Gasteiger partial charge on any atom is -0.465 e. The summed E-state index contributed by atoms with van der Waals surface area (Å²) in [4.78, 5) is 28.6. The van der Waals surface area contributed by atoms with Crippen LogP contribution in [0.1, 0.15) is 42.2 Å². The van der Waals surface area contributed by atoms with Crippen LogP contribution < -0.4 is 16.0 Å². The number of rotatable bonds is 6. The van der Waals surface area contributed by atoms with Crippen LogP contribution in [0.15, 0.2) is 54.7 Å². The fourth-order valence-corrected chi connectivity index (χ4v) is 5.47. The van der Waals surface area contributed by atoms with E-state index < -0.39 is 6.09 Å². The van der Waals surface area contributed by atoms with Crippen molar-refractivity contribution in [2.75, 3.05) is 5.32 Å². The van der Waals surface area contributed by atoms with Crippen LogP contribution in [0.4, 0.5) is 15.3 Å². The summed E-state index contributed by atoms with van der Waals surface area (Å²) >= 11 is 8.14. The first-order chi connectivity index (χ1) is 16.0. The van der Waals surface area contributed by atoms with Gasteiger partial charge in [0.05, 0.1) is 14.9 Å². The van der Waals surface area contributed by atoms with Crippen molar-refractivity contribution in [1.82, 2.24) is 15.6 Å². The first kappa shape index (κ1) is 23.1. The number of nitrogens with zero attached hydrogens (tertiary/aromatic N) is 1. The van der Waals surface area contributed by atoms with Gasteiger partial charge in [-0.3, -0.25) is 0 Å². The molecule has 3 aromatic rings. The molecule has 1 fully saturated rings. The number of hydrogen-bond donors (Lipinski definition) is 4. The van der Waals surface area contributed by atoms with Gasteiger partial charge < -0.3 is 21.1 Å². The zero-order valence-electron chi connectivity index (χ0n) is 17.9. The number of halogens is 1. The van der Waals surface area contributed by atoms with E-state index in [1.54, 1.807) is 17.4 Å². The molecule has 2 aromatic carbocycles. The third-order valence-corrected chi connectivity index (χ3v) is 7.22. The largest absolute Gasteiger partial charge is 0.465 e. The molecule has 7 nitrogen and oxygen atoms in total. The Kier molecular flexibility index (Phi) is 7.47. The molecule has 172 valence electrons. The van der Waals surface area contributed by atoms with Crippen LogP contribution in [-0.2, 0) is 6.54 Å². The summed E-state index contributed by atoms with van der Waals surface area (Å²) < 4.78 is 0. The Balaban J connectivity index is 1.34. The van der Waals surface area contributed by atoms with Gasteiger partial charge in [-0.15, -0.1) is 11.3 Å². The Bertz CT molecular complexity index is 1110. The van der Waals surface area contributed by atoms with Crippen LogP contribution in [0.5, 0.6) is 0 Å².